The van der Waals surface area contributed by atoms with E-state index in [4.69, 9.17) is 9.47 Å². The first kappa shape index (κ1) is 22.1. The van der Waals surface area contributed by atoms with Crippen LogP contribution in [-0.2, 0) is 20.7 Å². The maximum absolute atomic E-state index is 13.2. The van der Waals surface area contributed by atoms with Gasteiger partial charge in [-0.25, -0.2) is 4.98 Å². The molecule has 1 aromatic heterocycles. The third-order valence-corrected chi connectivity index (χ3v) is 6.73. The maximum atomic E-state index is 13.2. The molecule has 0 unspecified atom stereocenters. The highest BCUT2D eigenvalue weighted by Crippen LogP contribution is 2.41. The summed E-state index contributed by atoms with van der Waals surface area (Å²) in [6, 6.07) is 13.0. The number of nitrogens with zero attached hydrogens (tertiary/aromatic N) is 2. The zero-order valence-electron chi connectivity index (χ0n) is 18.7. The fourth-order valence-electron chi connectivity index (χ4n) is 4.22. The second-order valence-electron chi connectivity index (χ2n) is 8.85. The Morgan fingerprint density at radius 3 is 2.44 bits per heavy atom. The molecule has 1 aliphatic rings. The van der Waals surface area contributed by atoms with Gasteiger partial charge in [-0.2, -0.15) is 5.26 Å². The molecule has 0 amide bonds. The number of aryl methyl sites for hydroxylation is 1. The predicted molar refractivity (Wildman–Crippen MR) is 122 cm³/mol. The van der Waals surface area contributed by atoms with Crippen LogP contribution in [0.4, 0.5) is 0 Å². The van der Waals surface area contributed by atoms with Crippen LogP contribution >= 0.6 is 11.3 Å². The van der Waals surface area contributed by atoms with Crippen molar-refractivity contribution in [1.29, 1.82) is 5.26 Å². The molecule has 0 N–H and O–H groups in total. The summed E-state index contributed by atoms with van der Waals surface area (Å²) in [7, 11) is 0. The normalized spacial score (nSPS) is 18.0. The third kappa shape index (κ3) is 3.70. The lowest BCUT2D eigenvalue weighted by atomic mass is 9.73. The van der Waals surface area contributed by atoms with Gasteiger partial charge in [-0.1, -0.05) is 30.4 Å². The van der Waals surface area contributed by atoms with Crippen LogP contribution in [0.3, 0.4) is 0 Å². The van der Waals surface area contributed by atoms with Gasteiger partial charge in [-0.3, -0.25) is 9.59 Å². The summed E-state index contributed by atoms with van der Waals surface area (Å²) in [4.78, 5) is 31.0. The number of fused-ring (bicyclic) bond motifs is 1. The molecule has 7 heteroatoms. The van der Waals surface area contributed by atoms with Crippen molar-refractivity contribution in [3.8, 4) is 17.0 Å². The van der Waals surface area contributed by atoms with Crippen LogP contribution in [-0.4, -0.2) is 27.8 Å². The summed E-state index contributed by atoms with van der Waals surface area (Å²) in [6.07, 6.45) is 0.668. The average molecular weight is 449 g/mol. The maximum Gasteiger partial charge on any atom is 0.279 e. The van der Waals surface area contributed by atoms with Crippen molar-refractivity contribution in [2.75, 3.05) is 0 Å². The molecular weight excluding hydrogens is 424 g/mol. The number of carbonyl (C=O) groups is 2. The van der Waals surface area contributed by atoms with Crippen LogP contribution in [0.5, 0.6) is 10.9 Å². The van der Waals surface area contributed by atoms with Crippen LogP contribution in [0.15, 0.2) is 36.4 Å². The fraction of sp³-hybridized carbons (Fsp3) is 0.360. The molecular formula is C25H24N2O4S. The number of Topliss-reactive ketones (excluding diaryl/α,β-unsaturated/α-hetero) is 2. The fourth-order valence-corrected chi connectivity index (χ4v) is 5.12. The van der Waals surface area contributed by atoms with E-state index in [1.54, 1.807) is 45.9 Å². The Kier molecular flexibility index (Phi) is 5.40. The minimum absolute atomic E-state index is 0.257. The van der Waals surface area contributed by atoms with Gasteiger partial charge >= 0.3 is 0 Å². The Morgan fingerprint density at radius 2 is 1.81 bits per heavy atom. The molecule has 6 nitrogen and oxygen atoms in total. The number of aromatic nitrogens is 1. The number of carbonyl (C=O) groups excluding carboxylic acids is 2. The Morgan fingerprint density at radius 1 is 1.12 bits per heavy atom. The first-order valence-corrected chi connectivity index (χ1v) is 11.3. The Hall–Kier alpha value is -3.08. The number of hydrogen-bond donors (Lipinski definition) is 0. The Bertz CT molecular complexity index is 1260. The summed E-state index contributed by atoms with van der Waals surface area (Å²) in [5.74, 6) is -0.954. The van der Waals surface area contributed by atoms with E-state index in [-0.39, 0.29) is 11.6 Å². The number of ketones is 2. The Balaban J connectivity index is 1.76. The van der Waals surface area contributed by atoms with Gasteiger partial charge in [0.1, 0.15) is 28.9 Å². The van der Waals surface area contributed by atoms with Gasteiger partial charge in [-0.05, 0) is 69.5 Å². The van der Waals surface area contributed by atoms with E-state index in [9.17, 15) is 14.9 Å². The number of nitriles is 1. The van der Waals surface area contributed by atoms with Crippen LogP contribution in [0.2, 0.25) is 0 Å². The predicted octanol–water partition coefficient (Wildman–Crippen LogP) is 5.33. The minimum Gasteiger partial charge on any atom is -0.431 e. The second kappa shape index (κ2) is 7.80. The molecule has 0 atom stereocenters. The van der Waals surface area contributed by atoms with Gasteiger partial charge < -0.3 is 9.47 Å². The van der Waals surface area contributed by atoms with Gasteiger partial charge in [0.15, 0.2) is 11.6 Å². The van der Waals surface area contributed by atoms with E-state index < -0.39 is 17.1 Å². The molecule has 1 saturated heterocycles. The van der Waals surface area contributed by atoms with Crippen molar-refractivity contribution in [1.82, 2.24) is 4.98 Å². The molecule has 4 rings (SSSR count). The molecule has 0 spiro atoms. The van der Waals surface area contributed by atoms with Gasteiger partial charge in [0.25, 0.3) is 5.19 Å². The SMILES string of the molecule is CCc1ccc(Oc2nc3cccc(C#N)c3s2)cc1C1C(=O)C(C)(C)OC(C)(C)C1=O. The largest absolute Gasteiger partial charge is 0.431 e. The van der Waals surface area contributed by atoms with Gasteiger partial charge in [0.2, 0.25) is 0 Å². The van der Waals surface area contributed by atoms with Crippen LogP contribution in [0.25, 0.3) is 10.2 Å². The zero-order valence-corrected chi connectivity index (χ0v) is 19.5. The Labute approximate surface area is 190 Å². The summed E-state index contributed by atoms with van der Waals surface area (Å²) >= 11 is 1.29. The molecule has 1 fully saturated rings. The molecule has 32 heavy (non-hydrogen) atoms. The number of thiazole rings is 1. The van der Waals surface area contributed by atoms with E-state index in [2.05, 4.69) is 11.1 Å². The van der Waals surface area contributed by atoms with E-state index >= 15 is 0 Å². The lowest BCUT2D eigenvalue weighted by molar-refractivity contribution is -0.184. The molecule has 0 aliphatic carbocycles. The summed E-state index contributed by atoms with van der Waals surface area (Å²) in [6.45, 7) is 8.81. The van der Waals surface area contributed by atoms with Crippen LogP contribution in [0.1, 0.15) is 57.2 Å². The highest BCUT2D eigenvalue weighted by molar-refractivity contribution is 7.20. The van der Waals surface area contributed by atoms with Crippen molar-refractivity contribution >= 4 is 33.1 Å². The van der Waals surface area contributed by atoms with E-state index in [0.29, 0.717) is 34.0 Å². The summed E-state index contributed by atoms with van der Waals surface area (Å²) < 4.78 is 12.6. The number of benzene rings is 2. The molecule has 1 aliphatic heterocycles. The van der Waals surface area contributed by atoms with Crippen molar-refractivity contribution < 1.29 is 19.1 Å². The summed E-state index contributed by atoms with van der Waals surface area (Å²) in [5, 5.41) is 9.71. The first-order valence-electron chi connectivity index (χ1n) is 10.5. The number of ether oxygens (including phenoxy) is 2. The lowest BCUT2D eigenvalue weighted by Crippen LogP contribution is -2.58. The molecule has 0 saturated carbocycles. The van der Waals surface area contributed by atoms with Crippen molar-refractivity contribution in [3.63, 3.8) is 0 Å². The zero-order chi connectivity index (χ0) is 23.3. The smallest absolute Gasteiger partial charge is 0.279 e. The third-order valence-electron chi connectivity index (χ3n) is 5.75. The number of hydrogen-bond acceptors (Lipinski definition) is 7. The molecule has 2 heterocycles. The lowest BCUT2D eigenvalue weighted by Gasteiger charge is -2.43. The molecule has 0 bridgehead atoms. The van der Waals surface area contributed by atoms with Crippen LogP contribution in [0, 0.1) is 11.3 Å². The van der Waals surface area contributed by atoms with Gasteiger partial charge in [0, 0.05) is 0 Å². The number of rotatable bonds is 4. The van der Waals surface area contributed by atoms with Gasteiger partial charge in [0.05, 0.1) is 15.8 Å². The van der Waals surface area contributed by atoms with E-state index in [1.807, 2.05) is 25.1 Å². The molecule has 164 valence electrons. The average Bonchev–Trinajstić information content (AvgIpc) is 3.15. The second-order valence-corrected chi connectivity index (χ2v) is 9.81. The highest BCUT2D eigenvalue weighted by atomic mass is 32.1. The minimum atomic E-state index is -1.08. The topological polar surface area (TPSA) is 89.3 Å². The highest BCUT2D eigenvalue weighted by Gasteiger charge is 2.53. The van der Waals surface area contributed by atoms with E-state index in [0.717, 1.165) is 10.3 Å². The van der Waals surface area contributed by atoms with Gasteiger partial charge in [-0.15, -0.1) is 0 Å². The van der Waals surface area contributed by atoms with Crippen molar-refractivity contribution in [2.45, 2.75) is 58.2 Å². The van der Waals surface area contributed by atoms with E-state index in [1.165, 1.54) is 11.3 Å². The summed E-state index contributed by atoms with van der Waals surface area (Å²) in [5.41, 5.74) is 0.624. The standard InChI is InChI=1S/C25H24N2O4S/c1-6-14-10-11-16(30-23-27-18-9-7-8-15(13-26)20(18)32-23)12-17(14)19-21(28)24(2,3)31-25(4,5)22(19)29/h7-12,19H,6H2,1-5H3. The first-order chi connectivity index (χ1) is 15.1. The van der Waals surface area contributed by atoms with Crippen molar-refractivity contribution in [3.05, 3.63) is 53.1 Å². The quantitative estimate of drug-likeness (QED) is 0.501. The molecule has 0 radical (unpaired) electrons. The molecule has 3 aromatic rings. The molecule has 2 aromatic carbocycles. The van der Waals surface area contributed by atoms with Crippen LogP contribution < -0.4 is 4.74 Å². The van der Waals surface area contributed by atoms with Crippen molar-refractivity contribution in [2.24, 2.45) is 0 Å². The monoisotopic (exact) mass is 448 g/mol.